The summed E-state index contributed by atoms with van der Waals surface area (Å²) in [6, 6.07) is 3.82. The molecule has 0 aliphatic carbocycles. The first-order chi connectivity index (χ1) is 21.6. The van der Waals surface area contributed by atoms with Crippen LogP contribution < -0.4 is 5.56 Å². The summed E-state index contributed by atoms with van der Waals surface area (Å²) in [4.78, 5) is 41.2. The van der Waals surface area contributed by atoms with E-state index in [1.807, 2.05) is 6.07 Å². The van der Waals surface area contributed by atoms with Crippen LogP contribution in [0.15, 0.2) is 16.9 Å². The molecule has 4 aliphatic heterocycles. The van der Waals surface area contributed by atoms with E-state index >= 15 is 0 Å². The summed E-state index contributed by atoms with van der Waals surface area (Å²) < 4.78 is 6.97. The first-order valence-corrected chi connectivity index (χ1v) is 16.3. The number of piperazine rings is 2. The SMILES string of the molecule is CCc1c2c(nc3cc(CN4CCN(C)CC4)c(O)c(CN4CCN(C)CC4)c13)-c1cc3c(c(=O)n1C2)COC(=O)[C@]3(O)CC. The number of pyridine rings is 2. The maximum Gasteiger partial charge on any atom is 0.343 e. The minimum Gasteiger partial charge on any atom is -0.507 e. The van der Waals surface area contributed by atoms with Crippen LogP contribution in [0.4, 0.5) is 0 Å². The van der Waals surface area contributed by atoms with Gasteiger partial charge in [0.05, 0.1) is 29.0 Å². The van der Waals surface area contributed by atoms with Crippen LogP contribution in [0.3, 0.4) is 0 Å². The summed E-state index contributed by atoms with van der Waals surface area (Å²) in [7, 11) is 4.28. The fourth-order valence-electron chi connectivity index (χ4n) is 7.61. The van der Waals surface area contributed by atoms with Crippen molar-refractivity contribution in [3.8, 4) is 17.1 Å². The maximum absolute atomic E-state index is 13.9. The number of aliphatic hydroxyl groups is 1. The Balaban J connectivity index is 1.41. The maximum atomic E-state index is 13.9. The number of phenols is 1. The van der Waals surface area contributed by atoms with Crippen LogP contribution in [-0.4, -0.2) is 112 Å². The molecule has 2 saturated heterocycles. The van der Waals surface area contributed by atoms with Crippen LogP contribution in [0.1, 0.15) is 53.6 Å². The van der Waals surface area contributed by atoms with E-state index in [0.717, 1.165) is 85.5 Å². The summed E-state index contributed by atoms with van der Waals surface area (Å²) >= 11 is 0. The smallest absolute Gasteiger partial charge is 0.343 e. The van der Waals surface area contributed by atoms with Crippen molar-refractivity contribution in [2.45, 2.75) is 58.5 Å². The number of aromatic nitrogens is 2. The average molecular weight is 617 g/mol. The summed E-state index contributed by atoms with van der Waals surface area (Å²) in [5.41, 5.74) is 4.46. The van der Waals surface area contributed by atoms with Crippen molar-refractivity contribution in [1.82, 2.24) is 29.2 Å². The number of hydrogen-bond acceptors (Lipinski definition) is 10. The van der Waals surface area contributed by atoms with Crippen LogP contribution in [0.2, 0.25) is 0 Å². The number of fused-ring (bicyclic) bond motifs is 5. The Kier molecular flexibility index (Phi) is 7.72. The topological polar surface area (TPSA) is 115 Å². The lowest BCUT2D eigenvalue weighted by Gasteiger charge is -2.34. The number of phenolic OH excluding ortho intramolecular Hbond substituents is 1. The molecule has 0 saturated carbocycles. The highest BCUT2D eigenvalue weighted by molar-refractivity contribution is 5.93. The Hall–Kier alpha value is -3.35. The van der Waals surface area contributed by atoms with Gasteiger partial charge in [-0.25, -0.2) is 9.78 Å². The summed E-state index contributed by atoms with van der Waals surface area (Å²) in [5, 5.41) is 24.3. The molecule has 45 heavy (non-hydrogen) atoms. The van der Waals surface area contributed by atoms with Gasteiger partial charge in [-0.05, 0) is 44.6 Å². The molecule has 4 aliphatic rings. The van der Waals surface area contributed by atoms with Gasteiger partial charge in [0, 0.05) is 93.1 Å². The number of aromatic hydroxyl groups is 1. The highest BCUT2D eigenvalue weighted by Crippen LogP contribution is 2.43. The number of nitrogens with zero attached hydrogens (tertiary/aromatic N) is 6. The van der Waals surface area contributed by atoms with E-state index in [1.54, 1.807) is 17.6 Å². The van der Waals surface area contributed by atoms with E-state index in [0.29, 0.717) is 54.3 Å². The molecule has 0 radical (unpaired) electrons. The number of rotatable bonds is 6. The van der Waals surface area contributed by atoms with Gasteiger partial charge >= 0.3 is 5.97 Å². The van der Waals surface area contributed by atoms with Gasteiger partial charge in [-0.15, -0.1) is 0 Å². The predicted molar refractivity (Wildman–Crippen MR) is 171 cm³/mol. The quantitative estimate of drug-likeness (QED) is 0.311. The van der Waals surface area contributed by atoms with Gasteiger partial charge < -0.3 is 29.3 Å². The lowest BCUT2D eigenvalue weighted by molar-refractivity contribution is -0.172. The third kappa shape index (κ3) is 4.96. The minimum atomic E-state index is -1.87. The van der Waals surface area contributed by atoms with Crippen molar-refractivity contribution in [3.05, 3.63) is 55.9 Å². The number of carbonyl (C=O) groups excluding carboxylic acids is 1. The molecule has 2 aromatic heterocycles. The Labute approximate surface area is 263 Å². The standard InChI is InChI=1S/C34H44N6O5/c1-5-22-23-19-40-28(16-26-25(32(40)42)20-45-33(43)34(26,44)6-2)30(23)35-27-15-21(17-38-11-7-36(3)8-12-38)31(41)24(29(22)27)18-39-13-9-37(4)10-14-39/h15-16,41,44H,5-14,17-20H2,1-4H3/t34-/m0/s1. The second kappa shape index (κ2) is 11.5. The number of carbonyl (C=O) groups is 1. The van der Waals surface area contributed by atoms with E-state index in [9.17, 15) is 19.8 Å². The Morgan fingerprint density at radius 3 is 2.16 bits per heavy atom. The van der Waals surface area contributed by atoms with Gasteiger partial charge in [-0.1, -0.05) is 13.8 Å². The molecule has 0 unspecified atom stereocenters. The summed E-state index contributed by atoms with van der Waals surface area (Å²) in [6.45, 7) is 12.9. The normalized spacial score (nSPS) is 22.8. The third-order valence-corrected chi connectivity index (χ3v) is 10.6. The van der Waals surface area contributed by atoms with Gasteiger partial charge in [-0.2, -0.15) is 0 Å². The van der Waals surface area contributed by atoms with Crippen LogP contribution >= 0.6 is 0 Å². The number of ether oxygens (including phenoxy) is 1. The summed E-state index contributed by atoms with van der Waals surface area (Å²) in [6.07, 6.45) is 0.807. The number of benzene rings is 1. The predicted octanol–water partition coefficient (Wildman–Crippen LogP) is 1.84. The number of esters is 1. The van der Waals surface area contributed by atoms with Gasteiger partial charge in [0.15, 0.2) is 5.60 Å². The molecule has 2 N–H and O–H groups in total. The molecule has 1 atom stereocenters. The molecule has 1 aromatic carbocycles. The second-order valence-electron chi connectivity index (χ2n) is 13.3. The lowest BCUT2D eigenvalue weighted by Crippen LogP contribution is -2.44. The van der Waals surface area contributed by atoms with E-state index < -0.39 is 11.6 Å². The lowest BCUT2D eigenvalue weighted by atomic mass is 9.86. The van der Waals surface area contributed by atoms with Gasteiger partial charge in [0.2, 0.25) is 0 Å². The van der Waals surface area contributed by atoms with Crippen LogP contribution in [0.25, 0.3) is 22.3 Å². The fraction of sp³-hybridized carbons (Fsp3) is 0.559. The molecule has 11 heteroatoms. The second-order valence-corrected chi connectivity index (χ2v) is 13.3. The highest BCUT2D eigenvalue weighted by atomic mass is 16.6. The molecule has 3 aromatic rings. The highest BCUT2D eigenvalue weighted by Gasteiger charge is 2.45. The van der Waals surface area contributed by atoms with Crippen molar-refractivity contribution < 1.29 is 19.7 Å². The largest absolute Gasteiger partial charge is 0.507 e. The molecule has 7 rings (SSSR count). The monoisotopic (exact) mass is 616 g/mol. The number of cyclic esters (lactones) is 1. The van der Waals surface area contributed by atoms with E-state index in [4.69, 9.17) is 9.72 Å². The van der Waals surface area contributed by atoms with Crippen LogP contribution in [0.5, 0.6) is 5.75 Å². The summed E-state index contributed by atoms with van der Waals surface area (Å²) in [5.74, 6) is -0.373. The Bertz CT molecular complexity index is 1740. The van der Waals surface area contributed by atoms with E-state index in [1.165, 1.54) is 0 Å². The van der Waals surface area contributed by atoms with Crippen molar-refractivity contribution in [3.63, 3.8) is 0 Å². The number of aryl methyl sites for hydroxylation is 1. The molecular formula is C34H44N6O5. The fourth-order valence-corrected chi connectivity index (χ4v) is 7.61. The molecule has 11 nitrogen and oxygen atoms in total. The molecular weight excluding hydrogens is 572 g/mol. The minimum absolute atomic E-state index is 0.102. The Morgan fingerprint density at radius 2 is 1.53 bits per heavy atom. The van der Waals surface area contributed by atoms with Crippen LogP contribution in [0, 0.1) is 0 Å². The average Bonchev–Trinajstić information content (AvgIpc) is 3.41. The zero-order chi connectivity index (χ0) is 31.6. The molecule has 6 heterocycles. The first-order valence-electron chi connectivity index (χ1n) is 16.3. The Morgan fingerprint density at radius 1 is 0.889 bits per heavy atom. The third-order valence-electron chi connectivity index (χ3n) is 10.6. The zero-order valence-electron chi connectivity index (χ0n) is 26.9. The number of likely N-dealkylation sites (N-methyl/N-ethyl adjacent to an activating group) is 2. The first kappa shape index (κ1) is 30.3. The van der Waals surface area contributed by atoms with Gasteiger partial charge in [-0.3, -0.25) is 14.6 Å². The van der Waals surface area contributed by atoms with E-state index in [2.05, 4.69) is 40.6 Å². The van der Waals surface area contributed by atoms with Crippen LogP contribution in [-0.2, 0) is 47.8 Å². The molecule has 240 valence electrons. The molecule has 0 amide bonds. The van der Waals surface area contributed by atoms with Crippen molar-refractivity contribution >= 4 is 16.9 Å². The zero-order valence-corrected chi connectivity index (χ0v) is 26.9. The van der Waals surface area contributed by atoms with Crippen molar-refractivity contribution in [1.29, 1.82) is 0 Å². The molecule has 0 spiro atoms. The molecule has 2 fully saturated rings. The van der Waals surface area contributed by atoms with Gasteiger partial charge in [0.1, 0.15) is 12.4 Å². The molecule has 0 bridgehead atoms. The van der Waals surface area contributed by atoms with Crippen molar-refractivity contribution in [2.24, 2.45) is 0 Å². The van der Waals surface area contributed by atoms with E-state index in [-0.39, 0.29) is 18.6 Å². The van der Waals surface area contributed by atoms with Gasteiger partial charge in [0.25, 0.3) is 5.56 Å². The van der Waals surface area contributed by atoms with Crippen molar-refractivity contribution in [2.75, 3.05) is 66.5 Å². The number of hydrogen-bond donors (Lipinski definition) is 2.